The first kappa shape index (κ1) is 24.3. The molecule has 10 nitrogen and oxygen atoms in total. The highest BCUT2D eigenvalue weighted by atomic mass is 16.5. The van der Waals surface area contributed by atoms with Crippen molar-refractivity contribution in [3.8, 4) is 11.5 Å². The number of aromatic nitrogens is 1. The van der Waals surface area contributed by atoms with Crippen LogP contribution in [0.25, 0.3) is 10.9 Å². The van der Waals surface area contributed by atoms with Gasteiger partial charge in [-0.3, -0.25) is 19.4 Å². The molecule has 4 rings (SSSR count). The van der Waals surface area contributed by atoms with Gasteiger partial charge < -0.3 is 29.8 Å². The van der Waals surface area contributed by atoms with E-state index in [1.54, 1.807) is 30.5 Å². The lowest BCUT2D eigenvalue weighted by molar-refractivity contribution is -0.121. The first-order chi connectivity index (χ1) is 17.5. The summed E-state index contributed by atoms with van der Waals surface area (Å²) in [5.41, 5.74) is 2.05. The number of anilines is 3. The number of ether oxygens (including phenoxy) is 2. The second kappa shape index (κ2) is 11.0. The van der Waals surface area contributed by atoms with E-state index < -0.39 is 11.8 Å². The largest absolute Gasteiger partial charge is 0.494 e. The van der Waals surface area contributed by atoms with Gasteiger partial charge in [-0.1, -0.05) is 6.07 Å². The zero-order valence-electron chi connectivity index (χ0n) is 19.7. The summed E-state index contributed by atoms with van der Waals surface area (Å²) < 4.78 is 15.8. The van der Waals surface area contributed by atoms with Gasteiger partial charge in [-0.05, 0) is 36.4 Å². The number of methoxy groups -OCH3 is 2. The lowest BCUT2D eigenvalue weighted by Gasteiger charge is -2.16. The van der Waals surface area contributed by atoms with E-state index in [1.165, 1.54) is 38.7 Å². The molecule has 0 aliphatic heterocycles. The molecule has 0 spiro atoms. The number of amides is 3. The standard InChI is InChI=1S/C26H24N4O6/c1-34-22-15-20(30-26(33)21-9-5-13-36-21)23(35-2)14-19(22)29-25(32)11-10-24(31)28-18-8-3-7-17-16(18)6-4-12-27-17/h3-9,12-15H,10-11H2,1-2H3,(H,28,31)(H,29,32)(H,30,33). The van der Waals surface area contributed by atoms with Crippen LogP contribution in [-0.4, -0.2) is 36.9 Å². The number of hydrogen-bond donors (Lipinski definition) is 3. The van der Waals surface area contributed by atoms with Gasteiger partial charge in [0.1, 0.15) is 11.5 Å². The van der Waals surface area contributed by atoms with Crippen molar-refractivity contribution in [2.75, 3.05) is 30.2 Å². The van der Waals surface area contributed by atoms with Crippen molar-refractivity contribution in [1.82, 2.24) is 4.98 Å². The number of nitrogens with zero attached hydrogens (tertiary/aromatic N) is 1. The molecule has 0 unspecified atom stereocenters. The minimum Gasteiger partial charge on any atom is -0.494 e. The molecule has 3 amide bonds. The molecule has 0 fully saturated rings. The van der Waals surface area contributed by atoms with Crippen molar-refractivity contribution in [1.29, 1.82) is 0 Å². The Hall–Kier alpha value is -4.86. The molecule has 4 aromatic rings. The van der Waals surface area contributed by atoms with Crippen molar-refractivity contribution in [3.63, 3.8) is 0 Å². The molecule has 0 saturated heterocycles. The summed E-state index contributed by atoms with van der Waals surface area (Å²) in [7, 11) is 2.87. The van der Waals surface area contributed by atoms with Crippen molar-refractivity contribution in [2.45, 2.75) is 12.8 Å². The molecular weight excluding hydrogens is 464 g/mol. The number of benzene rings is 2. The van der Waals surface area contributed by atoms with Gasteiger partial charge in [-0.15, -0.1) is 0 Å². The molecule has 0 aliphatic rings. The number of fused-ring (bicyclic) bond motifs is 1. The Kier molecular flexibility index (Phi) is 7.45. The molecule has 2 aromatic carbocycles. The van der Waals surface area contributed by atoms with Crippen molar-refractivity contribution < 1.29 is 28.3 Å². The Labute approximate surface area is 206 Å². The number of carbonyl (C=O) groups excluding carboxylic acids is 3. The van der Waals surface area contributed by atoms with E-state index in [1.807, 2.05) is 12.1 Å². The van der Waals surface area contributed by atoms with Crippen LogP contribution in [0.15, 0.2) is 71.5 Å². The molecule has 0 atom stereocenters. The Balaban J connectivity index is 1.39. The Morgan fingerprint density at radius 3 is 2.11 bits per heavy atom. The van der Waals surface area contributed by atoms with Gasteiger partial charge in [0.05, 0.1) is 43.1 Å². The minimum atomic E-state index is -0.467. The fourth-order valence-electron chi connectivity index (χ4n) is 3.55. The second-order valence-corrected chi connectivity index (χ2v) is 7.66. The van der Waals surface area contributed by atoms with E-state index in [9.17, 15) is 14.4 Å². The molecule has 2 heterocycles. The average Bonchev–Trinajstić information content (AvgIpc) is 3.44. The van der Waals surface area contributed by atoms with Crippen LogP contribution in [0, 0.1) is 0 Å². The van der Waals surface area contributed by atoms with Crippen LogP contribution >= 0.6 is 0 Å². The summed E-state index contributed by atoms with van der Waals surface area (Å²) in [6.45, 7) is 0. The summed E-state index contributed by atoms with van der Waals surface area (Å²) in [5, 5.41) is 9.06. The van der Waals surface area contributed by atoms with Gasteiger partial charge in [-0.25, -0.2) is 0 Å². The van der Waals surface area contributed by atoms with Gasteiger partial charge >= 0.3 is 0 Å². The van der Waals surface area contributed by atoms with Crippen LogP contribution in [0.3, 0.4) is 0 Å². The topological polar surface area (TPSA) is 132 Å². The minimum absolute atomic E-state index is 0.0286. The summed E-state index contributed by atoms with van der Waals surface area (Å²) in [5.74, 6) is -0.434. The van der Waals surface area contributed by atoms with E-state index in [4.69, 9.17) is 13.9 Å². The highest BCUT2D eigenvalue weighted by Crippen LogP contribution is 2.36. The molecule has 0 bridgehead atoms. The maximum absolute atomic E-state index is 12.6. The number of rotatable bonds is 9. The maximum atomic E-state index is 12.6. The number of nitrogens with one attached hydrogen (secondary N) is 3. The summed E-state index contributed by atoms with van der Waals surface area (Å²) in [6.07, 6.45) is 2.99. The zero-order chi connectivity index (χ0) is 25.5. The number of furan rings is 1. The predicted molar refractivity (Wildman–Crippen MR) is 134 cm³/mol. The molecule has 0 saturated carbocycles. The van der Waals surface area contributed by atoms with Crippen molar-refractivity contribution in [2.24, 2.45) is 0 Å². The van der Waals surface area contributed by atoms with Gasteiger partial charge in [0.2, 0.25) is 11.8 Å². The number of hydrogen-bond acceptors (Lipinski definition) is 7. The lowest BCUT2D eigenvalue weighted by atomic mass is 10.1. The average molecular weight is 489 g/mol. The van der Waals surface area contributed by atoms with Gasteiger partial charge in [0, 0.05) is 36.6 Å². The number of pyridine rings is 1. The quantitative estimate of drug-likeness (QED) is 0.317. The molecule has 2 aromatic heterocycles. The summed E-state index contributed by atoms with van der Waals surface area (Å²) in [4.78, 5) is 41.7. The molecule has 3 N–H and O–H groups in total. The van der Waals surface area contributed by atoms with Gasteiger partial charge in [0.25, 0.3) is 5.91 Å². The SMILES string of the molecule is COc1cc(NC(=O)c2ccco2)c(OC)cc1NC(=O)CCC(=O)Nc1cccc2ncccc12. The normalized spacial score (nSPS) is 10.5. The van der Waals surface area contributed by atoms with E-state index in [0.717, 1.165) is 10.9 Å². The van der Waals surface area contributed by atoms with Crippen molar-refractivity contribution >= 4 is 45.7 Å². The monoisotopic (exact) mass is 488 g/mol. The van der Waals surface area contributed by atoms with Crippen LogP contribution in [0.1, 0.15) is 23.4 Å². The van der Waals surface area contributed by atoms with E-state index in [-0.39, 0.29) is 24.5 Å². The molecular formula is C26H24N4O6. The fraction of sp³-hybridized carbons (Fsp3) is 0.154. The third-order valence-electron chi connectivity index (χ3n) is 5.29. The van der Waals surface area contributed by atoms with E-state index in [0.29, 0.717) is 28.6 Å². The van der Waals surface area contributed by atoms with E-state index in [2.05, 4.69) is 20.9 Å². The Bertz CT molecular complexity index is 1400. The van der Waals surface area contributed by atoms with Crippen LogP contribution in [0.5, 0.6) is 11.5 Å². The molecule has 0 radical (unpaired) electrons. The van der Waals surface area contributed by atoms with Gasteiger partial charge in [-0.2, -0.15) is 0 Å². The Morgan fingerprint density at radius 2 is 1.47 bits per heavy atom. The maximum Gasteiger partial charge on any atom is 0.291 e. The molecule has 36 heavy (non-hydrogen) atoms. The molecule has 184 valence electrons. The first-order valence-corrected chi connectivity index (χ1v) is 11.0. The Morgan fingerprint density at radius 1 is 0.806 bits per heavy atom. The van der Waals surface area contributed by atoms with Crippen LogP contribution in [0.4, 0.5) is 17.1 Å². The van der Waals surface area contributed by atoms with Gasteiger partial charge in [0.15, 0.2) is 5.76 Å². The third-order valence-corrected chi connectivity index (χ3v) is 5.29. The van der Waals surface area contributed by atoms with Crippen LogP contribution in [0.2, 0.25) is 0 Å². The third kappa shape index (κ3) is 5.61. The summed E-state index contributed by atoms with van der Waals surface area (Å²) >= 11 is 0. The van der Waals surface area contributed by atoms with E-state index >= 15 is 0 Å². The summed E-state index contributed by atoms with van der Waals surface area (Å²) in [6, 6.07) is 15.3. The second-order valence-electron chi connectivity index (χ2n) is 7.66. The zero-order valence-corrected chi connectivity index (χ0v) is 19.7. The highest BCUT2D eigenvalue weighted by Gasteiger charge is 2.18. The highest BCUT2D eigenvalue weighted by molar-refractivity contribution is 6.05. The van der Waals surface area contributed by atoms with Crippen LogP contribution < -0.4 is 25.4 Å². The lowest BCUT2D eigenvalue weighted by Crippen LogP contribution is -2.18. The first-order valence-electron chi connectivity index (χ1n) is 11.0. The predicted octanol–water partition coefficient (Wildman–Crippen LogP) is 4.45. The molecule has 10 heteroatoms. The molecule has 0 aliphatic carbocycles. The van der Waals surface area contributed by atoms with Crippen molar-refractivity contribution in [3.05, 3.63) is 72.8 Å². The van der Waals surface area contributed by atoms with Crippen LogP contribution in [-0.2, 0) is 9.59 Å². The number of carbonyl (C=O) groups is 3. The smallest absolute Gasteiger partial charge is 0.291 e. The fourth-order valence-corrected chi connectivity index (χ4v) is 3.55.